The SMILES string of the molecule is N[C@H](CO)c1cnn(Cc2ccccc2)c1. The zero-order valence-electron chi connectivity index (χ0n) is 8.95. The lowest BCUT2D eigenvalue weighted by Crippen LogP contribution is -2.13. The Balaban J connectivity index is 2.09. The Morgan fingerprint density at radius 2 is 2.06 bits per heavy atom. The monoisotopic (exact) mass is 217 g/mol. The molecule has 0 fully saturated rings. The molecule has 0 aliphatic heterocycles. The molecule has 4 heteroatoms. The van der Waals surface area contributed by atoms with E-state index in [1.165, 1.54) is 5.56 Å². The molecule has 3 N–H and O–H groups in total. The largest absolute Gasteiger partial charge is 0.394 e. The minimum Gasteiger partial charge on any atom is -0.394 e. The summed E-state index contributed by atoms with van der Waals surface area (Å²) in [6.07, 6.45) is 3.57. The fourth-order valence-corrected chi connectivity index (χ4v) is 1.53. The van der Waals surface area contributed by atoms with Gasteiger partial charge < -0.3 is 10.8 Å². The average molecular weight is 217 g/mol. The maximum atomic E-state index is 8.93. The maximum Gasteiger partial charge on any atom is 0.0659 e. The molecule has 84 valence electrons. The number of nitrogens with zero attached hydrogens (tertiary/aromatic N) is 2. The minimum absolute atomic E-state index is 0.0585. The summed E-state index contributed by atoms with van der Waals surface area (Å²) >= 11 is 0. The van der Waals surface area contributed by atoms with E-state index in [0.717, 1.165) is 12.1 Å². The number of aliphatic hydroxyl groups excluding tert-OH is 1. The zero-order valence-corrected chi connectivity index (χ0v) is 8.95. The molecular formula is C12H15N3O. The van der Waals surface area contributed by atoms with Gasteiger partial charge in [-0.3, -0.25) is 4.68 Å². The van der Waals surface area contributed by atoms with Gasteiger partial charge >= 0.3 is 0 Å². The van der Waals surface area contributed by atoms with Crippen molar-refractivity contribution in [3.63, 3.8) is 0 Å². The van der Waals surface area contributed by atoms with Crippen LogP contribution in [0.15, 0.2) is 42.7 Å². The molecule has 0 radical (unpaired) electrons. The summed E-state index contributed by atoms with van der Waals surface area (Å²) in [6.45, 7) is 0.663. The molecule has 2 aromatic rings. The van der Waals surface area contributed by atoms with Crippen LogP contribution in [0.2, 0.25) is 0 Å². The lowest BCUT2D eigenvalue weighted by atomic mass is 10.2. The molecule has 0 aliphatic carbocycles. The zero-order chi connectivity index (χ0) is 11.4. The highest BCUT2D eigenvalue weighted by Crippen LogP contribution is 2.09. The van der Waals surface area contributed by atoms with Crippen molar-refractivity contribution >= 4 is 0 Å². The normalized spacial score (nSPS) is 12.6. The molecule has 0 spiro atoms. The second-order valence-electron chi connectivity index (χ2n) is 3.75. The fourth-order valence-electron chi connectivity index (χ4n) is 1.53. The van der Waals surface area contributed by atoms with Gasteiger partial charge in [-0.1, -0.05) is 30.3 Å². The van der Waals surface area contributed by atoms with Crippen molar-refractivity contribution in [2.45, 2.75) is 12.6 Å². The van der Waals surface area contributed by atoms with E-state index >= 15 is 0 Å². The molecule has 0 aliphatic rings. The van der Waals surface area contributed by atoms with Gasteiger partial charge in [-0.15, -0.1) is 0 Å². The number of benzene rings is 1. The lowest BCUT2D eigenvalue weighted by molar-refractivity contribution is 0.268. The predicted molar refractivity (Wildman–Crippen MR) is 61.8 cm³/mol. The Bertz CT molecular complexity index is 439. The molecular weight excluding hydrogens is 202 g/mol. The van der Waals surface area contributed by atoms with E-state index in [4.69, 9.17) is 10.8 Å². The molecule has 1 heterocycles. The Hall–Kier alpha value is -1.65. The average Bonchev–Trinajstić information content (AvgIpc) is 2.78. The van der Waals surface area contributed by atoms with Crippen molar-refractivity contribution in [2.24, 2.45) is 5.73 Å². The Morgan fingerprint density at radius 3 is 2.75 bits per heavy atom. The highest BCUT2D eigenvalue weighted by molar-refractivity contribution is 5.16. The van der Waals surface area contributed by atoms with E-state index in [2.05, 4.69) is 5.10 Å². The molecule has 0 amide bonds. The first-order chi connectivity index (χ1) is 7.79. The third kappa shape index (κ3) is 2.48. The first-order valence-corrected chi connectivity index (χ1v) is 5.22. The van der Waals surface area contributed by atoms with E-state index < -0.39 is 0 Å². The van der Waals surface area contributed by atoms with Gasteiger partial charge in [0.2, 0.25) is 0 Å². The molecule has 1 aromatic carbocycles. The molecule has 1 atom stereocenters. The number of hydrogen-bond acceptors (Lipinski definition) is 3. The molecule has 0 saturated heterocycles. The van der Waals surface area contributed by atoms with Crippen molar-refractivity contribution in [3.8, 4) is 0 Å². The summed E-state index contributed by atoms with van der Waals surface area (Å²) < 4.78 is 1.82. The quantitative estimate of drug-likeness (QED) is 0.800. The number of rotatable bonds is 4. The fraction of sp³-hybridized carbons (Fsp3) is 0.250. The van der Waals surface area contributed by atoms with Crippen LogP contribution in [0.1, 0.15) is 17.2 Å². The highest BCUT2D eigenvalue weighted by atomic mass is 16.3. The van der Waals surface area contributed by atoms with Crippen molar-refractivity contribution in [3.05, 3.63) is 53.9 Å². The number of hydrogen-bond donors (Lipinski definition) is 2. The van der Waals surface area contributed by atoms with Crippen molar-refractivity contribution in [2.75, 3.05) is 6.61 Å². The summed E-state index contributed by atoms with van der Waals surface area (Å²) in [6, 6.07) is 9.74. The van der Waals surface area contributed by atoms with Gasteiger partial charge in [0.05, 0.1) is 25.4 Å². The van der Waals surface area contributed by atoms with Crippen LogP contribution in [0.5, 0.6) is 0 Å². The van der Waals surface area contributed by atoms with Gasteiger partial charge in [0, 0.05) is 11.8 Å². The second-order valence-corrected chi connectivity index (χ2v) is 3.75. The van der Waals surface area contributed by atoms with Crippen LogP contribution in [0.25, 0.3) is 0 Å². The van der Waals surface area contributed by atoms with E-state index in [0.29, 0.717) is 0 Å². The highest BCUT2D eigenvalue weighted by Gasteiger charge is 2.06. The van der Waals surface area contributed by atoms with Crippen LogP contribution < -0.4 is 5.73 Å². The van der Waals surface area contributed by atoms with Gasteiger partial charge in [-0.05, 0) is 5.56 Å². The summed E-state index contributed by atoms with van der Waals surface area (Å²) in [4.78, 5) is 0. The van der Waals surface area contributed by atoms with Crippen LogP contribution >= 0.6 is 0 Å². The van der Waals surface area contributed by atoms with Crippen LogP contribution in [-0.2, 0) is 6.54 Å². The molecule has 0 saturated carbocycles. The standard InChI is InChI=1S/C12H15N3O/c13-12(9-16)11-6-14-15(8-11)7-10-4-2-1-3-5-10/h1-6,8,12,16H,7,9,13H2/t12-/m1/s1. The molecule has 1 aromatic heterocycles. The van der Waals surface area contributed by atoms with E-state index in [-0.39, 0.29) is 12.6 Å². The smallest absolute Gasteiger partial charge is 0.0659 e. The van der Waals surface area contributed by atoms with Gasteiger partial charge in [-0.25, -0.2) is 0 Å². The second kappa shape index (κ2) is 4.92. The van der Waals surface area contributed by atoms with Crippen LogP contribution in [0, 0.1) is 0 Å². The van der Waals surface area contributed by atoms with Crippen molar-refractivity contribution in [1.29, 1.82) is 0 Å². The Kier molecular flexibility index (Phi) is 3.34. The van der Waals surface area contributed by atoms with Crippen molar-refractivity contribution in [1.82, 2.24) is 9.78 Å². The Morgan fingerprint density at radius 1 is 1.31 bits per heavy atom. The van der Waals surface area contributed by atoms with Gasteiger partial charge in [-0.2, -0.15) is 5.10 Å². The Labute approximate surface area is 94.3 Å². The first-order valence-electron chi connectivity index (χ1n) is 5.22. The van der Waals surface area contributed by atoms with Gasteiger partial charge in [0.1, 0.15) is 0 Å². The summed E-state index contributed by atoms with van der Waals surface area (Å²) in [5, 5.41) is 13.1. The lowest BCUT2D eigenvalue weighted by Gasteiger charge is -2.03. The van der Waals surface area contributed by atoms with Gasteiger partial charge in [0.25, 0.3) is 0 Å². The molecule has 0 bridgehead atoms. The topological polar surface area (TPSA) is 64.1 Å². The van der Waals surface area contributed by atoms with E-state index in [9.17, 15) is 0 Å². The van der Waals surface area contributed by atoms with Crippen LogP contribution in [-0.4, -0.2) is 21.5 Å². The van der Waals surface area contributed by atoms with Crippen molar-refractivity contribution < 1.29 is 5.11 Å². The molecule has 2 rings (SSSR count). The third-order valence-electron chi connectivity index (χ3n) is 2.47. The van der Waals surface area contributed by atoms with Crippen LogP contribution in [0.3, 0.4) is 0 Å². The molecule has 16 heavy (non-hydrogen) atoms. The number of aliphatic hydroxyl groups is 1. The van der Waals surface area contributed by atoms with Crippen LogP contribution in [0.4, 0.5) is 0 Å². The third-order valence-corrected chi connectivity index (χ3v) is 2.47. The number of aromatic nitrogens is 2. The predicted octanol–water partition coefficient (Wildman–Crippen LogP) is 0.923. The summed E-state index contributed by atoms with van der Waals surface area (Å²) in [5.41, 5.74) is 7.75. The maximum absolute atomic E-state index is 8.93. The minimum atomic E-state index is -0.343. The van der Waals surface area contributed by atoms with E-state index in [1.54, 1.807) is 6.20 Å². The summed E-state index contributed by atoms with van der Waals surface area (Å²) in [7, 11) is 0. The molecule has 4 nitrogen and oxygen atoms in total. The van der Waals surface area contributed by atoms with E-state index in [1.807, 2.05) is 41.2 Å². The summed E-state index contributed by atoms with van der Waals surface area (Å²) in [5.74, 6) is 0. The number of nitrogens with two attached hydrogens (primary N) is 1. The first kappa shape index (κ1) is 10.9. The molecule has 0 unspecified atom stereocenters. The van der Waals surface area contributed by atoms with Gasteiger partial charge in [0.15, 0.2) is 0 Å².